The molecular weight excluding hydrogens is 296 g/mol. The van der Waals surface area contributed by atoms with E-state index in [4.69, 9.17) is 5.73 Å². The van der Waals surface area contributed by atoms with Crippen molar-refractivity contribution in [3.8, 4) is 0 Å². The predicted molar refractivity (Wildman–Crippen MR) is 83.7 cm³/mol. The highest BCUT2D eigenvalue weighted by Gasteiger charge is 2.30. The molecule has 0 saturated heterocycles. The van der Waals surface area contributed by atoms with Crippen molar-refractivity contribution in [1.29, 1.82) is 0 Å². The number of sulfonamides is 1. The van der Waals surface area contributed by atoms with Gasteiger partial charge in [-0.05, 0) is 62.4 Å². The number of halogens is 1. The summed E-state index contributed by atoms with van der Waals surface area (Å²) in [5, 5.41) is 0. The van der Waals surface area contributed by atoms with Gasteiger partial charge in [0.15, 0.2) is 0 Å². The van der Waals surface area contributed by atoms with Crippen molar-refractivity contribution in [2.24, 2.45) is 11.7 Å². The van der Waals surface area contributed by atoms with Crippen LogP contribution in [-0.4, -0.2) is 21.0 Å². The van der Waals surface area contributed by atoms with E-state index in [0.717, 1.165) is 30.4 Å². The topological polar surface area (TPSA) is 72.2 Å². The zero-order valence-corrected chi connectivity index (χ0v) is 13.6. The minimum Gasteiger partial charge on any atom is -0.330 e. The number of hydrogen-bond acceptors (Lipinski definition) is 3. The molecule has 1 saturated carbocycles. The third-order valence-electron chi connectivity index (χ3n) is 4.06. The van der Waals surface area contributed by atoms with E-state index in [2.05, 4.69) is 4.72 Å². The first-order valence-electron chi connectivity index (χ1n) is 6.73. The fraction of sp³-hybridized carbons (Fsp3) is 0.571. The van der Waals surface area contributed by atoms with Gasteiger partial charge in [-0.25, -0.2) is 13.1 Å². The van der Waals surface area contributed by atoms with E-state index in [1.54, 1.807) is 12.1 Å². The van der Waals surface area contributed by atoms with Crippen molar-refractivity contribution in [2.45, 2.75) is 44.0 Å². The maximum absolute atomic E-state index is 12.4. The third-order valence-corrected chi connectivity index (χ3v) is 5.54. The predicted octanol–water partition coefficient (Wildman–Crippen LogP) is 2.13. The molecule has 0 radical (unpaired) electrons. The first-order chi connectivity index (χ1) is 8.94. The quantitative estimate of drug-likeness (QED) is 0.893. The molecular formula is C14H23ClN2O2S. The molecule has 1 fully saturated rings. The Labute approximate surface area is 127 Å². The average Bonchev–Trinajstić information content (AvgIpc) is 2.79. The highest BCUT2D eigenvalue weighted by atomic mass is 35.5. The van der Waals surface area contributed by atoms with Crippen molar-refractivity contribution < 1.29 is 8.42 Å². The molecule has 2 unspecified atom stereocenters. The first-order valence-corrected chi connectivity index (χ1v) is 8.22. The largest absolute Gasteiger partial charge is 0.330 e. The molecule has 114 valence electrons. The van der Waals surface area contributed by atoms with Gasteiger partial charge in [0.05, 0.1) is 4.90 Å². The minimum atomic E-state index is -3.43. The van der Waals surface area contributed by atoms with Crippen molar-refractivity contribution in [1.82, 2.24) is 4.72 Å². The Morgan fingerprint density at radius 3 is 2.55 bits per heavy atom. The van der Waals surface area contributed by atoms with Gasteiger partial charge in [0.2, 0.25) is 10.0 Å². The van der Waals surface area contributed by atoms with Gasteiger partial charge in [0.25, 0.3) is 0 Å². The van der Waals surface area contributed by atoms with Gasteiger partial charge in [-0.2, -0.15) is 0 Å². The van der Waals surface area contributed by atoms with Crippen LogP contribution in [0.15, 0.2) is 23.1 Å². The van der Waals surface area contributed by atoms with Gasteiger partial charge in [-0.1, -0.05) is 12.5 Å². The van der Waals surface area contributed by atoms with Crippen LogP contribution in [0.1, 0.15) is 30.4 Å². The lowest BCUT2D eigenvalue weighted by Gasteiger charge is -2.19. The number of nitrogens with one attached hydrogen (secondary N) is 1. The number of aryl methyl sites for hydroxylation is 2. The standard InChI is InChI=1S/C14H22N2O2S.ClH/c1-10-6-7-13(8-11(10)2)19(17,18)16-14-5-3-4-12(14)9-15;/h6-8,12,14,16H,3-5,9,15H2,1-2H3;1H. The molecule has 20 heavy (non-hydrogen) atoms. The third kappa shape index (κ3) is 3.73. The second-order valence-corrected chi connectivity index (χ2v) is 7.11. The maximum Gasteiger partial charge on any atom is 0.240 e. The Balaban J connectivity index is 0.00000200. The Bertz CT molecular complexity index is 560. The molecule has 6 heteroatoms. The Kier molecular flexibility index (Phi) is 6.01. The molecule has 2 rings (SSSR count). The van der Waals surface area contributed by atoms with Crippen LogP contribution in [0.3, 0.4) is 0 Å². The summed E-state index contributed by atoms with van der Waals surface area (Å²) in [4.78, 5) is 0.346. The molecule has 0 heterocycles. The minimum absolute atomic E-state index is 0. The monoisotopic (exact) mass is 318 g/mol. The molecule has 0 spiro atoms. The summed E-state index contributed by atoms with van der Waals surface area (Å²) in [5.41, 5.74) is 7.78. The highest BCUT2D eigenvalue weighted by molar-refractivity contribution is 7.89. The van der Waals surface area contributed by atoms with Gasteiger partial charge in [0.1, 0.15) is 0 Å². The van der Waals surface area contributed by atoms with Gasteiger partial charge < -0.3 is 5.73 Å². The van der Waals surface area contributed by atoms with Crippen LogP contribution in [0.4, 0.5) is 0 Å². The van der Waals surface area contributed by atoms with E-state index in [1.165, 1.54) is 0 Å². The van der Waals surface area contributed by atoms with Crippen molar-refractivity contribution in [3.63, 3.8) is 0 Å². The molecule has 1 aliphatic rings. The number of benzene rings is 1. The van der Waals surface area contributed by atoms with Crippen LogP contribution in [0.25, 0.3) is 0 Å². The lowest BCUT2D eigenvalue weighted by Crippen LogP contribution is -2.39. The van der Waals surface area contributed by atoms with Gasteiger partial charge in [-0.15, -0.1) is 12.4 Å². The summed E-state index contributed by atoms with van der Waals surface area (Å²) >= 11 is 0. The van der Waals surface area contributed by atoms with Crippen LogP contribution in [0, 0.1) is 19.8 Å². The summed E-state index contributed by atoms with van der Waals surface area (Å²) in [7, 11) is -3.43. The van der Waals surface area contributed by atoms with Crippen LogP contribution in [-0.2, 0) is 10.0 Å². The van der Waals surface area contributed by atoms with Crippen LogP contribution in [0.2, 0.25) is 0 Å². The SMILES string of the molecule is Cc1ccc(S(=O)(=O)NC2CCCC2CN)cc1C.Cl. The van der Waals surface area contributed by atoms with E-state index in [0.29, 0.717) is 11.4 Å². The Morgan fingerprint density at radius 2 is 1.95 bits per heavy atom. The lowest BCUT2D eigenvalue weighted by molar-refractivity contribution is 0.453. The zero-order valence-electron chi connectivity index (χ0n) is 11.9. The summed E-state index contributed by atoms with van der Waals surface area (Å²) < 4.78 is 27.5. The normalized spacial score (nSPS) is 22.6. The van der Waals surface area contributed by atoms with E-state index < -0.39 is 10.0 Å². The van der Waals surface area contributed by atoms with E-state index in [9.17, 15) is 8.42 Å². The molecule has 0 aromatic heterocycles. The molecule has 3 N–H and O–H groups in total. The van der Waals surface area contributed by atoms with Crippen LogP contribution >= 0.6 is 12.4 Å². The second-order valence-electron chi connectivity index (χ2n) is 5.40. The Hall–Kier alpha value is -0.620. The molecule has 1 aromatic rings. The number of hydrogen-bond donors (Lipinski definition) is 2. The van der Waals surface area contributed by atoms with Gasteiger partial charge in [0, 0.05) is 6.04 Å². The summed E-state index contributed by atoms with van der Waals surface area (Å²) in [6.45, 7) is 4.44. The van der Waals surface area contributed by atoms with Crippen molar-refractivity contribution >= 4 is 22.4 Å². The Morgan fingerprint density at radius 1 is 1.25 bits per heavy atom. The summed E-state index contributed by atoms with van der Waals surface area (Å²) in [6, 6.07) is 5.22. The van der Waals surface area contributed by atoms with Gasteiger partial charge in [-0.3, -0.25) is 0 Å². The molecule has 1 aromatic carbocycles. The van der Waals surface area contributed by atoms with E-state index in [-0.39, 0.29) is 24.4 Å². The summed E-state index contributed by atoms with van der Waals surface area (Å²) in [5.74, 6) is 0.265. The molecule has 2 atom stereocenters. The first kappa shape index (κ1) is 17.4. The average molecular weight is 319 g/mol. The molecule has 0 aliphatic heterocycles. The van der Waals surface area contributed by atoms with Gasteiger partial charge >= 0.3 is 0 Å². The van der Waals surface area contributed by atoms with E-state index in [1.807, 2.05) is 19.9 Å². The van der Waals surface area contributed by atoms with Crippen molar-refractivity contribution in [2.75, 3.05) is 6.54 Å². The van der Waals surface area contributed by atoms with Crippen LogP contribution in [0.5, 0.6) is 0 Å². The number of nitrogens with two attached hydrogens (primary N) is 1. The molecule has 4 nitrogen and oxygen atoms in total. The zero-order chi connectivity index (χ0) is 14.0. The molecule has 1 aliphatic carbocycles. The van der Waals surface area contributed by atoms with Crippen LogP contribution < -0.4 is 10.5 Å². The number of rotatable bonds is 4. The lowest BCUT2D eigenvalue weighted by atomic mass is 10.1. The molecule has 0 bridgehead atoms. The second kappa shape index (κ2) is 6.89. The van der Waals surface area contributed by atoms with E-state index >= 15 is 0 Å². The molecule has 0 amide bonds. The maximum atomic E-state index is 12.4. The highest BCUT2D eigenvalue weighted by Crippen LogP contribution is 2.26. The smallest absolute Gasteiger partial charge is 0.240 e. The summed E-state index contributed by atoms with van der Waals surface area (Å²) in [6.07, 6.45) is 2.94. The fourth-order valence-corrected chi connectivity index (χ4v) is 4.05. The van der Waals surface area contributed by atoms with Crippen molar-refractivity contribution in [3.05, 3.63) is 29.3 Å². The fourth-order valence-electron chi connectivity index (χ4n) is 2.62.